The van der Waals surface area contributed by atoms with E-state index in [1.54, 1.807) is 4.90 Å². The topological polar surface area (TPSA) is 53.0 Å². The van der Waals surface area contributed by atoms with Gasteiger partial charge in [-0.3, -0.25) is 4.90 Å². The van der Waals surface area contributed by atoms with Gasteiger partial charge in [-0.15, -0.1) is 0 Å². The Kier molecular flexibility index (Phi) is 6.63. The van der Waals surface area contributed by atoms with E-state index in [9.17, 15) is 9.90 Å². The van der Waals surface area contributed by atoms with Crippen LogP contribution in [0.4, 0.5) is 4.79 Å². The van der Waals surface area contributed by atoms with Gasteiger partial charge in [-0.05, 0) is 39.2 Å². The molecule has 1 amide bonds. The molecule has 0 bridgehead atoms. The molecule has 1 heterocycles. The van der Waals surface area contributed by atoms with Crippen molar-refractivity contribution in [1.82, 2.24) is 9.80 Å². The average Bonchev–Trinajstić information content (AvgIpc) is 2.53. The molecule has 0 aromatic heterocycles. The van der Waals surface area contributed by atoms with Crippen LogP contribution in [0.25, 0.3) is 0 Å². The minimum absolute atomic E-state index is 0.183. The summed E-state index contributed by atoms with van der Waals surface area (Å²) in [7, 11) is 0. The maximum Gasteiger partial charge on any atom is 0.410 e. The van der Waals surface area contributed by atoms with Crippen LogP contribution in [0, 0.1) is 0 Å². The number of benzene rings is 1. The molecule has 1 aliphatic rings. The van der Waals surface area contributed by atoms with E-state index < -0.39 is 5.60 Å². The minimum Gasteiger partial charge on any atom is -0.444 e. The summed E-state index contributed by atoms with van der Waals surface area (Å²) < 4.78 is 5.50. The first-order chi connectivity index (χ1) is 11.4. The molecule has 0 saturated carbocycles. The Balaban J connectivity index is 1.99. The number of amides is 1. The maximum absolute atomic E-state index is 12.3. The average molecular weight is 334 g/mol. The maximum atomic E-state index is 12.3. The van der Waals surface area contributed by atoms with E-state index in [0.29, 0.717) is 13.1 Å². The zero-order chi connectivity index (χ0) is 17.6. The predicted molar refractivity (Wildman–Crippen MR) is 94.8 cm³/mol. The Bertz CT molecular complexity index is 513. The molecule has 5 heteroatoms. The monoisotopic (exact) mass is 334 g/mol. The third-order valence-electron chi connectivity index (χ3n) is 4.18. The number of carbonyl (C=O) groups excluding carboxylic acids is 1. The highest BCUT2D eigenvalue weighted by molar-refractivity contribution is 5.68. The summed E-state index contributed by atoms with van der Waals surface area (Å²) in [5.74, 6) is 0. The third kappa shape index (κ3) is 5.80. The van der Waals surface area contributed by atoms with Crippen molar-refractivity contribution in [3.05, 3.63) is 35.9 Å². The van der Waals surface area contributed by atoms with Gasteiger partial charge >= 0.3 is 6.09 Å². The smallest absolute Gasteiger partial charge is 0.410 e. The fourth-order valence-corrected chi connectivity index (χ4v) is 3.01. The Hall–Kier alpha value is -1.59. The lowest BCUT2D eigenvalue weighted by atomic mass is 10.0. The molecule has 1 aromatic carbocycles. The van der Waals surface area contributed by atoms with Crippen LogP contribution in [-0.2, 0) is 11.3 Å². The number of aliphatic hydroxyl groups excluding tert-OH is 1. The van der Waals surface area contributed by atoms with Crippen molar-refractivity contribution in [2.45, 2.75) is 51.8 Å². The standard InChI is InChI=1S/C19H30N2O3/c1-19(2,3)24-18(23)21-12-11-20(17(15-21)10-7-13-22)14-16-8-5-4-6-9-16/h4-6,8-9,17,22H,7,10-15H2,1-3H3/t17-/m0/s1. The quantitative estimate of drug-likeness (QED) is 0.899. The van der Waals surface area contributed by atoms with Crippen molar-refractivity contribution < 1.29 is 14.6 Å². The number of ether oxygens (including phenoxy) is 1. The fourth-order valence-electron chi connectivity index (χ4n) is 3.01. The summed E-state index contributed by atoms with van der Waals surface area (Å²) in [6, 6.07) is 10.6. The van der Waals surface area contributed by atoms with Gasteiger partial charge < -0.3 is 14.7 Å². The van der Waals surface area contributed by atoms with Crippen LogP contribution >= 0.6 is 0 Å². The van der Waals surface area contributed by atoms with Gasteiger partial charge in [0.15, 0.2) is 0 Å². The molecule has 0 unspecified atom stereocenters. The molecule has 1 N–H and O–H groups in total. The van der Waals surface area contributed by atoms with Gasteiger partial charge in [-0.25, -0.2) is 4.79 Å². The van der Waals surface area contributed by atoms with E-state index in [2.05, 4.69) is 29.2 Å². The van der Waals surface area contributed by atoms with Crippen molar-refractivity contribution in [1.29, 1.82) is 0 Å². The number of rotatable bonds is 5. The van der Waals surface area contributed by atoms with Crippen molar-refractivity contribution in [2.75, 3.05) is 26.2 Å². The molecular weight excluding hydrogens is 304 g/mol. The van der Waals surface area contributed by atoms with Gasteiger partial charge in [-0.1, -0.05) is 30.3 Å². The molecule has 0 aliphatic carbocycles. The number of piperazine rings is 1. The highest BCUT2D eigenvalue weighted by Crippen LogP contribution is 2.20. The molecule has 0 radical (unpaired) electrons. The molecule has 1 aliphatic heterocycles. The van der Waals surface area contributed by atoms with Gasteiger partial charge in [0, 0.05) is 38.8 Å². The second-order valence-electron chi connectivity index (χ2n) is 7.40. The molecule has 1 fully saturated rings. The fraction of sp³-hybridized carbons (Fsp3) is 0.632. The summed E-state index contributed by atoms with van der Waals surface area (Å²) >= 11 is 0. The van der Waals surface area contributed by atoms with E-state index >= 15 is 0 Å². The normalized spacial score (nSPS) is 19.3. The summed E-state index contributed by atoms with van der Waals surface area (Å²) in [5.41, 5.74) is 0.802. The van der Waals surface area contributed by atoms with Crippen molar-refractivity contribution >= 4 is 6.09 Å². The van der Waals surface area contributed by atoms with Crippen LogP contribution in [0.2, 0.25) is 0 Å². The lowest BCUT2D eigenvalue weighted by Crippen LogP contribution is -2.55. The molecule has 2 rings (SSSR count). The number of hydrogen-bond donors (Lipinski definition) is 1. The third-order valence-corrected chi connectivity index (χ3v) is 4.18. The van der Waals surface area contributed by atoms with Crippen molar-refractivity contribution in [3.8, 4) is 0 Å². The lowest BCUT2D eigenvalue weighted by molar-refractivity contribution is 0.000590. The molecule has 134 valence electrons. The SMILES string of the molecule is CC(C)(C)OC(=O)N1CCN(Cc2ccccc2)[C@@H](CCCO)C1. The van der Waals surface area contributed by atoms with E-state index in [0.717, 1.165) is 25.9 Å². The number of hydrogen-bond acceptors (Lipinski definition) is 4. The lowest BCUT2D eigenvalue weighted by Gasteiger charge is -2.41. The Labute approximate surface area is 145 Å². The summed E-state index contributed by atoms with van der Waals surface area (Å²) in [6.07, 6.45) is 1.39. The second kappa shape index (κ2) is 8.49. The molecular formula is C19H30N2O3. The highest BCUT2D eigenvalue weighted by Gasteiger charge is 2.31. The summed E-state index contributed by atoms with van der Waals surface area (Å²) in [4.78, 5) is 16.5. The Morgan fingerprint density at radius 3 is 2.58 bits per heavy atom. The van der Waals surface area contributed by atoms with E-state index in [-0.39, 0.29) is 18.7 Å². The van der Waals surface area contributed by atoms with Crippen LogP contribution in [0.3, 0.4) is 0 Å². The summed E-state index contributed by atoms with van der Waals surface area (Å²) in [6.45, 7) is 8.88. The number of aliphatic hydroxyl groups is 1. The first-order valence-electron chi connectivity index (χ1n) is 8.76. The Morgan fingerprint density at radius 1 is 1.25 bits per heavy atom. The van der Waals surface area contributed by atoms with Gasteiger partial charge in [-0.2, -0.15) is 0 Å². The van der Waals surface area contributed by atoms with Crippen LogP contribution in [0.1, 0.15) is 39.2 Å². The molecule has 1 saturated heterocycles. The molecule has 0 spiro atoms. The van der Waals surface area contributed by atoms with Crippen LogP contribution in [0.5, 0.6) is 0 Å². The molecule has 24 heavy (non-hydrogen) atoms. The van der Waals surface area contributed by atoms with E-state index in [1.807, 2.05) is 26.8 Å². The van der Waals surface area contributed by atoms with Crippen molar-refractivity contribution in [3.63, 3.8) is 0 Å². The zero-order valence-corrected chi connectivity index (χ0v) is 15.1. The largest absolute Gasteiger partial charge is 0.444 e. The first-order valence-corrected chi connectivity index (χ1v) is 8.76. The van der Waals surface area contributed by atoms with Gasteiger partial charge in [0.25, 0.3) is 0 Å². The van der Waals surface area contributed by atoms with Gasteiger partial charge in [0.1, 0.15) is 5.60 Å². The molecule has 5 nitrogen and oxygen atoms in total. The van der Waals surface area contributed by atoms with Gasteiger partial charge in [0.2, 0.25) is 0 Å². The Morgan fingerprint density at radius 2 is 1.96 bits per heavy atom. The summed E-state index contributed by atoms with van der Waals surface area (Å²) in [5, 5.41) is 9.18. The minimum atomic E-state index is -0.473. The van der Waals surface area contributed by atoms with Crippen molar-refractivity contribution in [2.24, 2.45) is 0 Å². The second-order valence-corrected chi connectivity index (χ2v) is 7.40. The van der Waals surface area contributed by atoms with Gasteiger partial charge in [0.05, 0.1) is 0 Å². The van der Waals surface area contributed by atoms with E-state index in [1.165, 1.54) is 5.56 Å². The highest BCUT2D eigenvalue weighted by atomic mass is 16.6. The van der Waals surface area contributed by atoms with Crippen LogP contribution in [-0.4, -0.2) is 58.9 Å². The van der Waals surface area contributed by atoms with E-state index in [4.69, 9.17) is 4.74 Å². The predicted octanol–water partition coefficient (Wildman–Crippen LogP) is 2.88. The molecule has 1 aromatic rings. The first kappa shape index (κ1) is 18.7. The number of carbonyl (C=O) groups is 1. The zero-order valence-electron chi connectivity index (χ0n) is 15.1. The van der Waals surface area contributed by atoms with Crippen LogP contribution < -0.4 is 0 Å². The number of nitrogens with zero attached hydrogens (tertiary/aromatic N) is 2. The molecule has 1 atom stereocenters. The van der Waals surface area contributed by atoms with Crippen LogP contribution in [0.15, 0.2) is 30.3 Å².